The van der Waals surface area contributed by atoms with Gasteiger partial charge in [-0.05, 0) is 12.1 Å². The molecule has 1 atom stereocenters. The first-order chi connectivity index (χ1) is 11.0. The minimum Gasteiger partial charge on any atom is -0.390 e. The van der Waals surface area contributed by atoms with E-state index in [1.165, 1.54) is 24.1 Å². The molecule has 1 aliphatic heterocycles. The summed E-state index contributed by atoms with van der Waals surface area (Å²) in [6, 6.07) is 3.30. The summed E-state index contributed by atoms with van der Waals surface area (Å²) in [4.78, 5) is 18.7. The van der Waals surface area contributed by atoms with Crippen molar-refractivity contribution in [3.05, 3.63) is 48.1 Å². The Morgan fingerprint density at radius 2 is 2.35 bits per heavy atom. The summed E-state index contributed by atoms with van der Waals surface area (Å²) < 4.78 is 31.6. The first-order valence-corrected chi connectivity index (χ1v) is 7.11. The van der Waals surface area contributed by atoms with E-state index >= 15 is 0 Å². The number of hydrogen-bond donors (Lipinski definition) is 0. The Bertz CT molecular complexity index is 619. The lowest BCUT2D eigenvalue weighted by Gasteiger charge is -2.23. The Kier molecular flexibility index (Phi) is 5.81. The van der Waals surface area contributed by atoms with Crippen molar-refractivity contribution in [3.63, 3.8) is 0 Å². The first kappa shape index (κ1) is 17.1. The number of ether oxygens (including phenoxy) is 1. The molecule has 7 heteroatoms. The third-order valence-corrected chi connectivity index (χ3v) is 3.37. The molecule has 0 unspecified atom stereocenters. The number of amides is 1. The summed E-state index contributed by atoms with van der Waals surface area (Å²) in [5.74, 6) is -1.53. The normalized spacial score (nSPS) is 16.7. The minimum absolute atomic E-state index is 0.0408. The van der Waals surface area contributed by atoms with Gasteiger partial charge in [-0.1, -0.05) is 11.2 Å². The highest BCUT2D eigenvalue weighted by Gasteiger charge is 2.27. The van der Waals surface area contributed by atoms with E-state index < -0.39 is 17.7 Å². The Balaban J connectivity index is 2.00. The van der Waals surface area contributed by atoms with Gasteiger partial charge in [-0.15, -0.1) is 6.58 Å². The van der Waals surface area contributed by atoms with Crippen molar-refractivity contribution < 1.29 is 23.1 Å². The van der Waals surface area contributed by atoms with Gasteiger partial charge in [0.25, 0.3) is 0 Å². The molecule has 0 bridgehead atoms. The second-order valence-electron chi connectivity index (χ2n) is 5.11. The summed E-state index contributed by atoms with van der Waals surface area (Å²) in [5.41, 5.74) is 0.595. The molecule has 1 aromatic carbocycles. The van der Waals surface area contributed by atoms with Gasteiger partial charge in [0.1, 0.15) is 18.2 Å². The predicted molar refractivity (Wildman–Crippen MR) is 81.0 cm³/mol. The monoisotopic (exact) mass is 324 g/mol. The largest absolute Gasteiger partial charge is 0.390 e. The summed E-state index contributed by atoms with van der Waals surface area (Å²) in [5, 5.41) is 3.86. The lowest BCUT2D eigenvalue weighted by Crippen LogP contribution is -2.39. The van der Waals surface area contributed by atoms with Gasteiger partial charge in [0.15, 0.2) is 6.10 Å². The van der Waals surface area contributed by atoms with Gasteiger partial charge in [-0.25, -0.2) is 8.78 Å². The number of hydrogen-bond acceptors (Lipinski definition) is 4. The first-order valence-electron chi connectivity index (χ1n) is 7.11. The van der Waals surface area contributed by atoms with Gasteiger partial charge >= 0.3 is 0 Å². The molecule has 0 fully saturated rings. The molecule has 0 radical (unpaired) electrons. The Hall–Kier alpha value is -2.28. The zero-order chi connectivity index (χ0) is 16.8. The van der Waals surface area contributed by atoms with E-state index in [1.54, 1.807) is 6.08 Å². The molecule has 0 saturated carbocycles. The van der Waals surface area contributed by atoms with Crippen molar-refractivity contribution in [2.75, 3.05) is 26.8 Å². The van der Waals surface area contributed by atoms with Crippen molar-refractivity contribution in [1.82, 2.24) is 4.90 Å². The van der Waals surface area contributed by atoms with Gasteiger partial charge in [0, 0.05) is 31.7 Å². The van der Waals surface area contributed by atoms with E-state index in [0.29, 0.717) is 18.7 Å². The van der Waals surface area contributed by atoms with Crippen LogP contribution in [0.25, 0.3) is 0 Å². The number of nitrogens with zero attached hydrogens (tertiary/aromatic N) is 2. The van der Waals surface area contributed by atoms with Crippen molar-refractivity contribution in [1.29, 1.82) is 0 Å². The summed E-state index contributed by atoms with van der Waals surface area (Å²) in [7, 11) is 1.44. The summed E-state index contributed by atoms with van der Waals surface area (Å²) in [6.07, 6.45) is 1.54. The SMILES string of the molecule is C=CCN(C[C@H]1CC(c2ccc(F)cc2F)=NO1)C(=O)COC. The molecule has 1 aromatic rings. The zero-order valence-electron chi connectivity index (χ0n) is 12.8. The van der Waals surface area contributed by atoms with Crippen LogP contribution in [0.2, 0.25) is 0 Å². The molecule has 0 saturated heterocycles. The van der Waals surface area contributed by atoms with Crippen LogP contribution in [0.15, 0.2) is 36.0 Å². The highest BCUT2D eigenvalue weighted by Crippen LogP contribution is 2.20. The second kappa shape index (κ2) is 7.82. The predicted octanol–water partition coefficient (Wildman–Crippen LogP) is 2.12. The number of oxime groups is 1. The molecule has 5 nitrogen and oxygen atoms in total. The lowest BCUT2D eigenvalue weighted by atomic mass is 10.0. The highest BCUT2D eigenvalue weighted by molar-refractivity contribution is 6.01. The lowest BCUT2D eigenvalue weighted by molar-refractivity contribution is -0.136. The number of methoxy groups -OCH3 is 1. The van der Waals surface area contributed by atoms with Crippen LogP contribution in [-0.2, 0) is 14.4 Å². The summed E-state index contributed by atoms with van der Waals surface area (Å²) in [6.45, 7) is 4.20. The smallest absolute Gasteiger partial charge is 0.248 e. The number of benzene rings is 1. The molecule has 0 aromatic heterocycles. The maximum Gasteiger partial charge on any atom is 0.248 e. The van der Waals surface area contributed by atoms with Gasteiger partial charge in [-0.3, -0.25) is 4.79 Å². The summed E-state index contributed by atoms with van der Waals surface area (Å²) >= 11 is 0. The van der Waals surface area contributed by atoms with E-state index in [-0.39, 0.29) is 24.6 Å². The third kappa shape index (κ3) is 4.35. The number of carbonyl (C=O) groups excluding carboxylic acids is 1. The standard InChI is InChI=1S/C16H18F2N2O3/c1-3-6-20(16(21)10-22-2)9-12-8-15(19-23-12)13-5-4-11(17)7-14(13)18/h3-5,7,12H,1,6,8-10H2,2H3/t12-/m1/s1. The average Bonchev–Trinajstić information content (AvgIpc) is 2.95. The van der Waals surface area contributed by atoms with E-state index in [0.717, 1.165) is 6.07 Å². The molecular formula is C16H18F2N2O3. The van der Waals surface area contributed by atoms with Crippen LogP contribution < -0.4 is 0 Å². The van der Waals surface area contributed by atoms with Crippen LogP contribution in [0.3, 0.4) is 0 Å². The van der Waals surface area contributed by atoms with Crippen LogP contribution in [-0.4, -0.2) is 49.4 Å². The molecule has 23 heavy (non-hydrogen) atoms. The van der Waals surface area contributed by atoms with Crippen LogP contribution >= 0.6 is 0 Å². The molecule has 1 heterocycles. The maximum atomic E-state index is 13.8. The van der Waals surface area contributed by atoms with Crippen molar-refractivity contribution in [3.8, 4) is 0 Å². The van der Waals surface area contributed by atoms with Crippen molar-refractivity contribution in [2.24, 2.45) is 5.16 Å². The van der Waals surface area contributed by atoms with E-state index in [4.69, 9.17) is 9.57 Å². The fourth-order valence-electron chi connectivity index (χ4n) is 2.30. The molecule has 1 aliphatic rings. The van der Waals surface area contributed by atoms with E-state index in [1.807, 2.05) is 0 Å². The Morgan fingerprint density at radius 1 is 1.57 bits per heavy atom. The molecular weight excluding hydrogens is 306 g/mol. The van der Waals surface area contributed by atoms with Crippen LogP contribution in [0.5, 0.6) is 0 Å². The topological polar surface area (TPSA) is 51.1 Å². The van der Waals surface area contributed by atoms with Crippen molar-refractivity contribution in [2.45, 2.75) is 12.5 Å². The van der Waals surface area contributed by atoms with Crippen LogP contribution in [0.4, 0.5) is 8.78 Å². The Labute approximate surface area is 133 Å². The van der Waals surface area contributed by atoms with E-state index in [9.17, 15) is 13.6 Å². The van der Waals surface area contributed by atoms with Gasteiger partial charge in [-0.2, -0.15) is 0 Å². The molecule has 2 rings (SSSR count). The zero-order valence-corrected chi connectivity index (χ0v) is 12.8. The Morgan fingerprint density at radius 3 is 3.00 bits per heavy atom. The molecule has 124 valence electrons. The quantitative estimate of drug-likeness (QED) is 0.722. The third-order valence-electron chi connectivity index (χ3n) is 3.37. The molecule has 0 spiro atoms. The average molecular weight is 324 g/mol. The van der Waals surface area contributed by atoms with Gasteiger partial charge in [0.05, 0.1) is 12.3 Å². The van der Waals surface area contributed by atoms with Crippen LogP contribution in [0.1, 0.15) is 12.0 Å². The molecule has 1 amide bonds. The van der Waals surface area contributed by atoms with E-state index in [2.05, 4.69) is 11.7 Å². The second-order valence-corrected chi connectivity index (χ2v) is 5.11. The molecule has 0 N–H and O–H groups in total. The van der Waals surface area contributed by atoms with Gasteiger partial charge in [0.2, 0.25) is 5.91 Å². The molecule has 0 aliphatic carbocycles. The minimum atomic E-state index is -0.689. The number of carbonyl (C=O) groups is 1. The maximum absolute atomic E-state index is 13.8. The fourth-order valence-corrected chi connectivity index (χ4v) is 2.30. The van der Waals surface area contributed by atoms with Gasteiger partial charge < -0.3 is 14.5 Å². The number of rotatable bonds is 7. The fraction of sp³-hybridized carbons (Fsp3) is 0.375. The highest BCUT2D eigenvalue weighted by atomic mass is 19.1. The van der Waals surface area contributed by atoms with Crippen molar-refractivity contribution >= 4 is 11.6 Å². The van der Waals surface area contributed by atoms with Crippen LogP contribution in [0, 0.1) is 11.6 Å². The number of halogens is 2.